The number of ether oxygens (including phenoxy) is 2. The molecule has 3 heterocycles. The molecule has 0 bridgehead atoms. The number of nitrogens with one attached hydrogen (secondary N) is 1. The molecule has 0 aliphatic carbocycles. The third-order valence-corrected chi connectivity index (χ3v) is 6.04. The van der Waals surface area contributed by atoms with Crippen molar-refractivity contribution in [3.63, 3.8) is 0 Å². The van der Waals surface area contributed by atoms with E-state index < -0.39 is 0 Å². The van der Waals surface area contributed by atoms with Gasteiger partial charge in [-0.15, -0.1) is 0 Å². The first-order valence-corrected chi connectivity index (χ1v) is 11.1. The third-order valence-electron chi connectivity index (χ3n) is 6.04. The highest BCUT2D eigenvalue weighted by Gasteiger charge is 2.26. The molecule has 8 heteroatoms. The normalized spacial score (nSPS) is 12.8. The van der Waals surface area contributed by atoms with Crippen LogP contribution in [0.2, 0.25) is 0 Å². The van der Waals surface area contributed by atoms with Gasteiger partial charge in [0.05, 0.1) is 25.3 Å². The molecule has 170 valence electrons. The van der Waals surface area contributed by atoms with Gasteiger partial charge in [0.15, 0.2) is 5.65 Å². The number of benzene rings is 2. The van der Waals surface area contributed by atoms with E-state index in [9.17, 15) is 0 Å². The Kier molecular flexibility index (Phi) is 5.73. The van der Waals surface area contributed by atoms with Crippen molar-refractivity contribution in [2.75, 3.05) is 37.5 Å². The molecule has 2 aromatic carbocycles. The fraction of sp³-hybridized carbons (Fsp3) is 0.320. The highest BCUT2D eigenvalue weighted by molar-refractivity contribution is 5.92. The van der Waals surface area contributed by atoms with Gasteiger partial charge in [0, 0.05) is 33.1 Å². The minimum atomic E-state index is 0.627. The molecule has 2 aromatic heterocycles. The van der Waals surface area contributed by atoms with E-state index in [0.717, 1.165) is 66.5 Å². The maximum atomic E-state index is 5.29. The first-order chi connectivity index (χ1) is 16.1. The van der Waals surface area contributed by atoms with Gasteiger partial charge in [0.2, 0.25) is 5.95 Å². The molecule has 0 saturated heterocycles. The van der Waals surface area contributed by atoms with Crippen LogP contribution in [0.4, 0.5) is 11.8 Å². The van der Waals surface area contributed by atoms with Crippen molar-refractivity contribution in [2.24, 2.45) is 7.05 Å². The predicted octanol–water partition coefficient (Wildman–Crippen LogP) is 3.60. The van der Waals surface area contributed by atoms with Crippen molar-refractivity contribution < 1.29 is 9.47 Å². The van der Waals surface area contributed by atoms with Crippen LogP contribution in [0.3, 0.4) is 0 Å². The van der Waals surface area contributed by atoms with Gasteiger partial charge in [-0.05, 0) is 41.8 Å². The summed E-state index contributed by atoms with van der Waals surface area (Å²) in [5, 5.41) is 9.17. The first kappa shape index (κ1) is 21.1. The lowest BCUT2D eigenvalue weighted by atomic mass is 10.1. The minimum absolute atomic E-state index is 0.627. The molecule has 8 nitrogen and oxygen atoms in total. The Labute approximate surface area is 193 Å². The number of rotatable bonds is 8. The number of aromatic nitrogens is 4. The average Bonchev–Trinajstić information content (AvgIpc) is 3.18. The molecule has 5 rings (SSSR count). The van der Waals surface area contributed by atoms with Gasteiger partial charge in [0.25, 0.3) is 0 Å². The molecule has 0 atom stereocenters. The fourth-order valence-corrected chi connectivity index (χ4v) is 4.25. The molecule has 4 aromatic rings. The zero-order valence-electron chi connectivity index (χ0n) is 19.2. The van der Waals surface area contributed by atoms with E-state index in [1.165, 1.54) is 11.1 Å². The molecular formula is C25H28N6O2. The Morgan fingerprint density at radius 3 is 2.24 bits per heavy atom. The zero-order chi connectivity index (χ0) is 22.8. The maximum absolute atomic E-state index is 5.29. The van der Waals surface area contributed by atoms with Crippen LogP contribution in [0.1, 0.15) is 16.8 Å². The maximum Gasteiger partial charge on any atom is 0.226 e. The summed E-state index contributed by atoms with van der Waals surface area (Å²) in [5.74, 6) is 3.29. The van der Waals surface area contributed by atoms with Crippen LogP contribution >= 0.6 is 0 Å². The van der Waals surface area contributed by atoms with E-state index in [1.54, 1.807) is 14.2 Å². The number of nitrogens with zero attached hydrogens (tertiary/aromatic N) is 5. The fourth-order valence-electron chi connectivity index (χ4n) is 4.25. The highest BCUT2D eigenvalue weighted by Crippen LogP contribution is 2.33. The molecule has 0 radical (unpaired) electrons. The molecule has 0 amide bonds. The monoisotopic (exact) mass is 444 g/mol. The Bertz CT molecular complexity index is 1250. The van der Waals surface area contributed by atoms with Gasteiger partial charge in [0.1, 0.15) is 17.3 Å². The van der Waals surface area contributed by atoms with E-state index in [0.29, 0.717) is 5.95 Å². The average molecular weight is 445 g/mol. The molecule has 1 N–H and O–H groups in total. The minimum Gasteiger partial charge on any atom is -0.497 e. The second-order valence-corrected chi connectivity index (χ2v) is 8.18. The molecule has 0 unspecified atom stereocenters. The second kappa shape index (κ2) is 8.97. The third kappa shape index (κ3) is 4.28. The van der Waals surface area contributed by atoms with Gasteiger partial charge < -0.3 is 19.7 Å². The topological polar surface area (TPSA) is 77.3 Å². The lowest BCUT2D eigenvalue weighted by Gasteiger charge is -2.28. The van der Waals surface area contributed by atoms with Crippen LogP contribution < -0.4 is 19.7 Å². The first-order valence-electron chi connectivity index (χ1n) is 11.1. The van der Waals surface area contributed by atoms with E-state index >= 15 is 0 Å². The van der Waals surface area contributed by atoms with Crippen molar-refractivity contribution in [1.29, 1.82) is 0 Å². The Hall–Kier alpha value is -3.81. The quantitative estimate of drug-likeness (QED) is 0.445. The molecule has 0 saturated carbocycles. The summed E-state index contributed by atoms with van der Waals surface area (Å²) in [7, 11) is 5.31. The summed E-state index contributed by atoms with van der Waals surface area (Å²) in [6.45, 7) is 2.38. The van der Waals surface area contributed by atoms with Crippen molar-refractivity contribution >= 4 is 22.8 Å². The highest BCUT2D eigenvalue weighted by atomic mass is 16.5. The molecular weight excluding hydrogens is 416 g/mol. The number of anilines is 2. The van der Waals surface area contributed by atoms with E-state index in [4.69, 9.17) is 24.5 Å². The number of hydrogen-bond acceptors (Lipinski definition) is 7. The summed E-state index contributed by atoms with van der Waals surface area (Å²) >= 11 is 0. The molecule has 33 heavy (non-hydrogen) atoms. The predicted molar refractivity (Wildman–Crippen MR) is 129 cm³/mol. The summed E-state index contributed by atoms with van der Waals surface area (Å²) in [6, 6.07) is 16.3. The number of hydrogen-bond donors (Lipinski definition) is 1. The Morgan fingerprint density at radius 2 is 1.58 bits per heavy atom. The summed E-state index contributed by atoms with van der Waals surface area (Å²) in [5.41, 5.74) is 4.37. The summed E-state index contributed by atoms with van der Waals surface area (Å²) in [6.07, 6.45) is 1.75. The van der Waals surface area contributed by atoms with Crippen LogP contribution in [0, 0.1) is 0 Å². The SMILES string of the molecule is COc1ccc(CCNc2nc3c4c(nn(C)c4n2)CCN3Cc2ccc(OC)cc2)cc1. The largest absolute Gasteiger partial charge is 0.497 e. The smallest absolute Gasteiger partial charge is 0.226 e. The molecule has 1 aliphatic rings. The van der Waals surface area contributed by atoms with Crippen LogP contribution in [-0.4, -0.2) is 47.1 Å². The van der Waals surface area contributed by atoms with Crippen LogP contribution in [0.5, 0.6) is 11.5 Å². The van der Waals surface area contributed by atoms with Crippen LogP contribution in [0.15, 0.2) is 48.5 Å². The van der Waals surface area contributed by atoms with E-state index in [-0.39, 0.29) is 0 Å². The van der Waals surface area contributed by atoms with Crippen molar-refractivity contribution in [2.45, 2.75) is 19.4 Å². The summed E-state index contributed by atoms with van der Waals surface area (Å²) in [4.78, 5) is 12.0. The van der Waals surface area contributed by atoms with Crippen LogP contribution in [0.25, 0.3) is 11.0 Å². The molecule has 0 fully saturated rings. The van der Waals surface area contributed by atoms with E-state index in [2.05, 4.69) is 34.5 Å². The Balaban J connectivity index is 1.37. The summed E-state index contributed by atoms with van der Waals surface area (Å²) < 4.78 is 12.4. The van der Waals surface area contributed by atoms with Gasteiger partial charge >= 0.3 is 0 Å². The van der Waals surface area contributed by atoms with Crippen molar-refractivity contribution in [1.82, 2.24) is 19.7 Å². The van der Waals surface area contributed by atoms with Crippen molar-refractivity contribution in [3.05, 3.63) is 65.4 Å². The zero-order valence-corrected chi connectivity index (χ0v) is 19.2. The lowest BCUT2D eigenvalue weighted by molar-refractivity contribution is 0.414. The van der Waals surface area contributed by atoms with Gasteiger partial charge in [-0.1, -0.05) is 24.3 Å². The Morgan fingerprint density at radius 1 is 0.909 bits per heavy atom. The molecule has 0 spiro atoms. The standard InChI is InChI=1S/C25H28N6O2/c1-30-23-22-21(29-30)13-15-31(16-18-6-10-20(33-3)11-7-18)24(22)28-25(27-23)26-14-12-17-4-8-19(32-2)9-5-17/h4-11H,12-16H2,1-3H3,(H,26,27,28). The lowest BCUT2D eigenvalue weighted by Crippen LogP contribution is -2.29. The van der Waals surface area contributed by atoms with Crippen molar-refractivity contribution in [3.8, 4) is 11.5 Å². The molecule has 1 aliphatic heterocycles. The van der Waals surface area contributed by atoms with Gasteiger partial charge in [-0.3, -0.25) is 0 Å². The van der Waals surface area contributed by atoms with Gasteiger partial charge in [-0.25, -0.2) is 4.68 Å². The van der Waals surface area contributed by atoms with Crippen LogP contribution in [-0.2, 0) is 26.4 Å². The number of aryl methyl sites for hydroxylation is 1. The van der Waals surface area contributed by atoms with E-state index in [1.807, 2.05) is 36.0 Å². The number of methoxy groups -OCH3 is 2. The second-order valence-electron chi connectivity index (χ2n) is 8.18. The van der Waals surface area contributed by atoms with Gasteiger partial charge in [-0.2, -0.15) is 15.1 Å².